The molecule has 0 heterocycles. The minimum absolute atomic E-state index is 0.128. The molecule has 16 heavy (non-hydrogen) atoms. The first-order valence-electron chi connectivity index (χ1n) is 5.82. The highest BCUT2D eigenvalue weighted by Gasteiger charge is 2.19. The summed E-state index contributed by atoms with van der Waals surface area (Å²) < 4.78 is 9.72. The Balaban J connectivity index is 3.93. The number of esters is 2. The summed E-state index contributed by atoms with van der Waals surface area (Å²) in [7, 11) is 0. The topological polar surface area (TPSA) is 52.6 Å². The molecular formula is C12H22O4. The summed E-state index contributed by atoms with van der Waals surface area (Å²) in [4.78, 5) is 22.5. The molecule has 0 amide bonds. The monoisotopic (exact) mass is 230 g/mol. The Bertz CT molecular complexity index is 201. The van der Waals surface area contributed by atoms with Crippen molar-refractivity contribution in [1.29, 1.82) is 0 Å². The molecule has 0 aromatic heterocycles. The first-order valence-corrected chi connectivity index (χ1v) is 5.82. The van der Waals surface area contributed by atoms with Crippen LogP contribution in [0, 0.1) is 11.8 Å². The van der Waals surface area contributed by atoms with Gasteiger partial charge in [-0.15, -0.1) is 0 Å². The molecule has 0 saturated carbocycles. The molecule has 0 bridgehead atoms. The van der Waals surface area contributed by atoms with E-state index in [-0.39, 0.29) is 23.8 Å². The average Bonchev–Trinajstić information content (AvgIpc) is 2.17. The Morgan fingerprint density at radius 3 is 1.44 bits per heavy atom. The van der Waals surface area contributed by atoms with Gasteiger partial charge in [0.25, 0.3) is 0 Å². The first-order chi connectivity index (χ1) is 7.51. The van der Waals surface area contributed by atoms with Crippen molar-refractivity contribution in [2.24, 2.45) is 11.8 Å². The van der Waals surface area contributed by atoms with E-state index in [0.717, 1.165) is 0 Å². The molecule has 0 aromatic carbocycles. The van der Waals surface area contributed by atoms with Gasteiger partial charge in [-0.2, -0.15) is 0 Å². The van der Waals surface area contributed by atoms with E-state index in [2.05, 4.69) is 0 Å². The van der Waals surface area contributed by atoms with E-state index in [1.54, 1.807) is 13.8 Å². The van der Waals surface area contributed by atoms with Gasteiger partial charge in [0.2, 0.25) is 0 Å². The fourth-order valence-electron chi connectivity index (χ4n) is 1.37. The van der Waals surface area contributed by atoms with E-state index in [4.69, 9.17) is 9.47 Å². The maximum Gasteiger partial charge on any atom is 0.306 e. The van der Waals surface area contributed by atoms with Crippen molar-refractivity contribution in [3.05, 3.63) is 0 Å². The largest absolute Gasteiger partial charge is 0.466 e. The van der Waals surface area contributed by atoms with E-state index < -0.39 is 0 Å². The fraction of sp³-hybridized carbons (Fsp3) is 0.833. The van der Waals surface area contributed by atoms with Crippen LogP contribution in [0.1, 0.15) is 40.5 Å². The van der Waals surface area contributed by atoms with Gasteiger partial charge < -0.3 is 9.47 Å². The lowest BCUT2D eigenvalue weighted by molar-refractivity contribution is -0.147. The van der Waals surface area contributed by atoms with Gasteiger partial charge in [0.1, 0.15) is 0 Å². The standard InChI is InChI=1S/C12H22O4/c1-5-15-11(13)7-9(3)10(4)8-12(14)16-6-2/h9-10H,5-8H2,1-4H3. The lowest BCUT2D eigenvalue weighted by atomic mass is 9.90. The van der Waals surface area contributed by atoms with Crippen LogP contribution in [0.3, 0.4) is 0 Å². The summed E-state index contributed by atoms with van der Waals surface area (Å²) in [5, 5.41) is 0. The van der Waals surface area contributed by atoms with Crippen LogP contribution in [0.5, 0.6) is 0 Å². The SMILES string of the molecule is CCOC(=O)CC(C)C(C)CC(=O)OCC. The molecule has 2 unspecified atom stereocenters. The third-order valence-electron chi connectivity index (χ3n) is 2.56. The van der Waals surface area contributed by atoms with Crippen molar-refractivity contribution < 1.29 is 19.1 Å². The molecule has 0 spiro atoms. The summed E-state index contributed by atoms with van der Waals surface area (Å²) in [6, 6.07) is 0. The van der Waals surface area contributed by atoms with Crippen molar-refractivity contribution >= 4 is 11.9 Å². The van der Waals surface area contributed by atoms with E-state index in [1.807, 2.05) is 13.8 Å². The Morgan fingerprint density at radius 1 is 0.875 bits per heavy atom. The second-order valence-corrected chi connectivity index (χ2v) is 3.97. The van der Waals surface area contributed by atoms with Crippen LogP contribution < -0.4 is 0 Å². The molecule has 0 N–H and O–H groups in total. The predicted octanol–water partition coefficient (Wildman–Crippen LogP) is 2.17. The maximum absolute atomic E-state index is 11.2. The average molecular weight is 230 g/mol. The van der Waals surface area contributed by atoms with E-state index >= 15 is 0 Å². The van der Waals surface area contributed by atoms with Crippen LogP contribution in [0.15, 0.2) is 0 Å². The van der Waals surface area contributed by atoms with Crippen LogP contribution in [-0.2, 0) is 19.1 Å². The fourth-order valence-corrected chi connectivity index (χ4v) is 1.37. The second kappa shape index (κ2) is 8.13. The molecule has 0 aliphatic carbocycles. The Morgan fingerprint density at radius 2 is 1.19 bits per heavy atom. The van der Waals surface area contributed by atoms with Crippen molar-refractivity contribution in [2.45, 2.75) is 40.5 Å². The van der Waals surface area contributed by atoms with Crippen molar-refractivity contribution in [3.8, 4) is 0 Å². The zero-order valence-electron chi connectivity index (χ0n) is 10.6. The normalized spacial score (nSPS) is 14.0. The predicted molar refractivity (Wildman–Crippen MR) is 60.8 cm³/mol. The third kappa shape index (κ3) is 6.43. The van der Waals surface area contributed by atoms with Crippen molar-refractivity contribution in [3.63, 3.8) is 0 Å². The molecule has 0 radical (unpaired) electrons. The number of hydrogen-bond donors (Lipinski definition) is 0. The maximum atomic E-state index is 11.2. The molecule has 4 heteroatoms. The number of rotatable bonds is 7. The van der Waals surface area contributed by atoms with Crippen LogP contribution >= 0.6 is 0 Å². The molecule has 4 nitrogen and oxygen atoms in total. The van der Waals surface area contributed by atoms with Crippen molar-refractivity contribution in [1.82, 2.24) is 0 Å². The van der Waals surface area contributed by atoms with Gasteiger partial charge in [-0.25, -0.2) is 0 Å². The first kappa shape index (κ1) is 14.9. The smallest absolute Gasteiger partial charge is 0.306 e. The number of hydrogen-bond acceptors (Lipinski definition) is 4. The van der Waals surface area contributed by atoms with Crippen LogP contribution in [0.4, 0.5) is 0 Å². The molecule has 2 atom stereocenters. The van der Waals surface area contributed by atoms with E-state index in [1.165, 1.54) is 0 Å². The van der Waals surface area contributed by atoms with Gasteiger partial charge in [0.05, 0.1) is 13.2 Å². The molecule has 94 valence electrons. The van der Waals surface area contributed by atoms with E-state index in [0.29, 0.717) is 26.1 Å². The number of carbonyl (C=O) groups excluding carboxylic acids is 2. The lowest BCUT2D eigenvalue weighted by Crippen LogP contribution is -2.19. The van der Waals surface area contributed by atoms with E-state index in [9.17, 15) is 9.59 Å². The number of ether oxygens (including phenoxy) is 2. The van der Waals surface area contributed by atoms with Gasteiger partial charge in [0.15, 0.2) is 0 Å². The quantitative estimate of drug-likeness (QED) is 0.629. The highest BCUT2D eigenvalue weighted by atomic mass is 16.5. The zero-order chi connectivity index (χ0) is 12.6. The van der Waals surface area contributed by atoms with Gasteiger partial charge in [0, 0.05) is 12.8 Å². The summed E-state index contributed by atoms with van der Waals surface area (Å²) in [5.41, 5.74) is 0. The minimum Gasteiger partial charge on any atom is -0.466 e. The summed E-state index contributed by atoms with van der Waals surface area (Å²) in [6.07, 6.45) is 0.711. The van der Waals surface area contributed by atoms with Gasteiger partial charge in [-0.1, -0.05) is 13.8 Å². The molecule has 0 aromatic rings. The van der Waals surface area contributed by atoms with Crippen molar-refractivity contribution in [2.75, 3.05) is 13.2 Å². The Kier molecular flexibility index (Phi) is 7.60. The molecule has 0 saturated heterocycles. The highest BCUT2D eigenvalue weighted by molar-refractivity contribution is 5.71. The Hall–Kier alpha value is -1.06. The summed E-state index contributed by atoms with van der Waals surface area (Å²) in [5.74, 6) is -0.150. The van der Waals surface area contributed by atoms with Gasteiger partial charge in [-0.05, 0) is 25.7 Å². The highest BCUT2D eigenvalue weighted by Crippen LogP contribution is 2.19. The molecule has 0 rings (SSSR count). The second-order valence-electron chi connectivity index (χ2n) is 3.97. The lowest BCUT2D eigenvalue weighted by Gasteiger charge is -2.17. The summed E-state index contributed by atoms with van der Waals surface area (Å²) >= 11 is 0. The molecule has 0 aliphatic heterocycles. The molecular weight excluding hydrogens is 208 g/mol. The number of carbonyl (C=O) groups is 2. The zero-order valence-corrected chi connectivity index (χ0v) is 10.6. The van der Waals surface area contributed by atoms with Crippen LogP contribution in [-0.4, -0.2) is 25.2 Å². The van der Waals surface area contributed by atoms with Gasteiger partial charge >= 0.3 is 11.9 Å². The third-order valence-corrected chi connectivity index (χ3v) is 2.56. The Labute approximate surface area is 97.3 Å². The minimum atomic E-state index is -0.203. The van der Waals surface area contributed by atoms with Gasteiger partial charge in [-0.3, -0.25) is 9.59 Å². The summed E-state index contributed by atoms with van der Waals surface area (Å²) in [6.45, 7) is 8.26. The molecule has 0 aliphatic rings. The molecule has 0 fully saturated rings. The van der Waals surface area contributed by atoms with Crippen LogP contribution in [0.25, 0.3) is 0 Å². The van der Waals surface area contributed by atoms with Crippen LogP contribution in [0.2, 0.25) is 0 Å².